The summed E-state index contributed by atoms with van der Waals surface area (Å²) in [6.07, 6.45) is 1.52. The maximum Gasteiger partial charge on any atom is 0.332 e. The molecule has 0 spiro atoms. The third kappa shape index (κ3) is 3.99. The van der Waals surface area contributed by atoms with Crippen LogP contribution in [-0.2, 0) is 4.79 Å². The fraction of sp³-hybridized carbons (Fsp3) is 0.889. The molecule has 0 aliphatic heterocycles. The van der Waals surface area contributed by atoms with Crippen LogP contribution in [0.4, 0.5) is 0 Å². The zero-order chi connectivity index (χ0) is 16.6. The summed E-state index contributed by atoms with van der Waals surface area (Å²) in [5, 5.41) is 8.93. The van der Waals surface area contributed by atoms with E-state index in [1.54, 1.807) is 0 Å². The Balaban J connectivity index is 5.77. The number of thiol groups is 9. The molecule has 0 bridgehead atoms. The minimum Gasteiger partial charge on any atom is -0.480 e. The summed E-state index contributed by atoms with van der Waals surface area (Å²) >= 11 is 38.9. The van der Waals surface area contributed by atoms with Crippen LogP contribution in [0.1, 0.15) is 19.8 Å². The molecule has 2 nitrogen and oxygen atoms in total. The minimum atomic E-state index is -1.93. The first-order chi connectivity index (χ1) is 8.67. The Morgan fingerprint density at radius 3 is 1.70 bits per heavy atom. The van der Waals surface area contributed by atoms with Crippen LogP contribution in [0.5, 0.6) is 0 Å². The van der Waals surface area contributed by atoms with Gasteiger partial charge in [-0.3, -0.25) is 0 Å². The van der Waals surface area contributed by atoms with E-state index in [0.29, 0.717) is 6.42 Å². The van der Waals surface area contributed by atoms with Crippen molar-refractivity contribution in [3.05, 3.63) is 0 Å². The molecule has 120 valence electrons. The van der Waals surface area contributed by atoms with Gasteiger partial charge in [0, 0.05) is 5.25 Å². The summed E-state index contributed by atoms with van der Waals surface area (Å²) < 4.78 is -6.29. The molecular weight excluding hydrogens is 429 g/mol. The molecule has 0 amide bonds. The van der Waals surface area contributed by atoms with Gasteiger partial charge >= 0.3 is 5.97 Å². The second-order valence-corrected chi connectivity index (χ2v) is 11.8. The first-order valence-corrected chi connectivity index (χ1v) is 9.47. The monoisotopic (exact) mass is 446 g/mol. The Hall–Kier alpha value is 2.62. The lowest BCUT2D eigenvalue weighted by atomic mass is 10.0. The largest absolute Gasteiger partial charge is 0.480 e. The fourth-order valence-corrected chi connectivity index (χ4v) is 4.84. The Kier molecular flexibility index (Phi) is 8.67. The molecule has 0 heterocycles. The van der Waals surface area contributed by atoms with Crippen molar-refractivity contribution in [3.63, 3.8) is 0 Å². The normalized spacial score (nSPS) is 16.1. The van der Waals surface area contributed by atoms with E-state index in [0.717, 1.165) is 6.42 Å². The van der Waals surface area contributed by atoms with Gasteiger partial charge in [0.1, 0.15) is 8.16 Å². The van der Waals surface area contributed by atoms with E-state index < -0.39 is 22.3 Å². The summed E-state index contributed by atoms with van der Waals surface area (Å²) in [4.78, 5) is 11.3. The van der Waals surface area contributed by atoms with Crippen LogP contribution in [0.15, 0.2) is 0 Å². The molecule has 20 heavy (non-hydrogen) atoms. The number of carboxylic acids is 1. The molecule has 0 aromatic rings. The van der Waals surface area contributed by atoms with Crippen molar-refractivity contribution in [2.75, 3.05) is 0 Å². The average molecular weight is 447 g/mol. The Morgan fingerprint density at radius 1 is 1.00 bits per heavy atom. The molecule has 1 unspecified atom stereocenters. The summed E-state index contributed by atoms with van der Waals surface area (Å²) in [6.45, 7) is 1.98. The van der Waals surface area contributed by atoms with Gasteiger partial charge < -0.3 is 5.11 Å². The van der Waals surface area contributed by atoms with Crippen LogP contribution in [0.3, 0.4) is 0 Å². The fourth-order valence-electron chi connectivity index (χ4n) is 1.36. The third-order valence-electron chi connectivity index (χ3n) is 2.81. The van der Waals surface area contributed by atoms with E-state index in [9.17, 15) is 9.90 Å². The van der Waals surface area contributed by atoms with E-state index >= 15 is 0 Å². The Morgan fingerprint density at radius 2 is 1.40 bits per heavy atom. The second kappa shape index (κ2) is 7.67. The van der Waals surface area contributed by atoms with Gasteiger partial charge in [-0.2, -0.15) is 88.4 Å². The molecular formula is C9H18O2S9. The van der Waals surface area contributed by atoms with Gasteiger partial charge in [0.05, 0.1) is 4.08 Å². The van der Waals surface area contributed by atoms with E-state index in [4.69, 9.17) is 0 Å². The van der Waals surface area contributed by atoms with E-state index in [2.05, 4.69) is 114 Å². The zero-order valence-electron chi connectivity index (χ0n) is 10.4. The van der Waals surface area contributed by atoms with Crippen LogP contribution in [0.2, 0.25) is 0 Å². The average Bonchev–Trinajstić information content (AvgIpc) is 2.28. The van der Waals surface area contributed by atoms with Crippen molar-refractivity contribution >= 4 is 120 Å². The highest BCUT2D eigenvalue weighted by molar-refractivity contribution is 8.14. The highest BCUT2D eigenvalue weighted by Gasteiger charge is 2.65. The maximum absolute atomic E-state index is 11.3. The van der Waals surface area contributed by atoms with Crippen molar-refractivity contribution in [2.24, 2.45) is 0 Å². The molecule has 0 saturated heterocycles. The molecule has 0 radical (unpaired) electrons. The first kappa shape index (κ1) is 22.6. The van der Waals surface area contributed by atoms with Crippen LogP contribution >= 0.6 is 114 Å². The van der Waals surface area contributed by atoms with Crippen molar-refractivity contribution in [3.8, 4) is 0 Å². The van der Waals surface area contributed by atoms with E-state index in [-0.39, 0.29) is 5.25 Å². The summed E-state index contributed by atoms with van der Waals surface area (Å²) in [6, 6.07) is 0. The highest BCUT2D eigenvalue weighted by Crippen LogP contribution is 2.61. The third-order valence-corrected chi connectivity index (χ3v) is 11.0. The van der Waals surface area contributed by atoms with E-state index in [1.165, 1.54) is 0 Å². The van der Waals surface area contributed by atoms with Gasteiger partial charge in [-0.05, 0) is 6.42 Å². The Bertz CT molecular complexity index is 366. The molecule has 0 aromatic heterocycles. The van der Waals surface area contributed by atoms with E-state index in [1.807, 2.05) is 6.92 Å². The summed E-state index contributed by atoms with van der Waals surface area (Å²) in [7, 11) is 0. The van der Waals surface area contributed by atoms with Gasteiger partial charge in [0.2, 0.25) is 0 Å². The molecule has 1 N–H and O–H groups in total. The molecule has 0 aliphatic rings. The van der Waals surface area contributed by atoms with Crippen LogP contribution in [0, 0.1) is 0 Å². The molecule has 0 rings (SSSR count). The van der Waals surface area contributed by atoms with Gasteiger partial charge in [-0.1, -0.05) is 13.3 Å². The lowest BCUT2D eigenvalue weighted by molar-refractivity contribution is -0.137. The lowest BCUT2D eigenvalue weighted by Crippen LogP contribution is -2.63. The van der Waals surface area contributed by atoms with Gasteiger partial charge in [-0.15, -0.1) is 25.3 Å². The predicted molar refractivity (Wildman–Crippen MR) is 118 cm³/mol. The predicted octanol–water partition coefficient (Wildman–Crippen LogP) is 3.39. The number of carbonyl (C=O) groups is 1. The van der Waals surface area contributed by atoms with Gasteiger partial charge in [0.15, 0.2) is 4.08 Å². The second-order valence-electron chi connectivity index (χ2n) is 4.35. The molecule has 0 fully saturated rings. The topological polar surface area (TPSA) is 37.3 Å². The number of rotatable bonds is 7. The van der Waals surface area contributed by atoms with Crippen LogP contribution in [0.25, 0.3) is 0 Å². The van der Waals surface area contributed by atoms with Crippen LogP contribution in [-0.4, -0.2) is 32.6 Å². The number of hydrogen-bond acceptors (Lipinski definition) is 10. The number of carboxylic acid groups (broad SMARTS) is 1. The van der Waals surface area contributed by atoms with Gasteiger partial charge in [-0.25, -0.2) is 4.79 Å². The quantitative estimate of drug-likeness (QED) is 0.220. The van der Waals surface area contributed by atoms with Gasteiger partial charge in [0.25, 0.3) is 0 Å². The van der Waals surface area contributed by atoms with Crippen molar-refractivity contribution in [2.45, 2.75) is 41.3 Å². The lowest BCUT2D eigenvalue weighted by Gasteiger charge is -2.52. The number of aliphatic carboxylic acids is 1. The standard InChI is InChI=1S/C9H18O2S9/c1-2-3-4(12)6(13,14)8(17,18)9(19,20)7(15,16)5(10)11/h4,12-20H,2-3H2,1H3,(H,10,11). The van der Waals surface area contributed by atoms with Crippen molar-refractivity contribution in [1.29, 1.82) is 0 Å². The minimum absolute atomic E-state index is 0.334. The van der Waals surface area contributed by atoms with Crippen LogP contribution < -0.4 is 0 Å². The highest BCUT2D eigenvalue weighted by atomic mass is 32.2. The van der Waals surface area contributed by atoms with Crippen molar-refractivity contribution < 1.29 is 9.90 Å². The maximum atomic E-state index is 11.3. The first-order valence-electron chi connectivity index (χ1n) is 5.38. The SMILES string of the molecule is CCCC(S)C(S)(S)C(S)(S)C(S)(S)C(S)(S)C(=O)O. The molecule has 1 atom stereocenters. The molecule has 0 saturated carbocycles. The van der Waals surface area contributed by atoms with Crippen molar-refractivity contribution in [1.82, 2.24) is 0 Å². The number of hydrogen-bond donors (Lipinski definition) is 10. The molecule has 0 aromatic carbocycles. The Labute approximate surface area is 169 Å². The smallest absolute Gasteiger partial charge is 0.332 e. The summed E-state index contributed by atoms with van der Waals surface area (Å²) in [5.74, 6) is -1.33. The molecule has 0 aliphatic carbocycles. The molecule has 11 heteroatoms. The zero-order valence-corrected chi connectivity index (χ0v) is 18.4. The summed E-state index contributed by atoms with van der Waals surface area (Å²) in [5.41, 5.74) is 0.